The first-order valence-corrected chi connectivity index (χ1v) is 10.2. The fourth-order valence-corrected chi connectivity index (χ4v) is 4.17. The van der Waals surface area contributed by atoms with E-state index >= 15 is 0 Å². The highest BCUT2D eigenvalue weighted by Crippen LogP contribution is 2.18. The number of carbonyl (C=O) groups is 1. The van der Waals surface area contributed by atoms with Crippen LogP contribution in [0.15, 0.2) is 48.8 Å². The Morgan fingerprint density at radius 2 is 2.04 bits per heavy atom. The molecule has 1 aromatic heterocycles. The molecule has 6 nitrogen and oxygen atoms in total. The van der Waals surface area contributed by atoms with Crippen LogP contribution < -0.4 is 5.32 Å². The van der Waals surface area contributed by atoms with Crippen molar-refractivity contribution in [1.29, 1.82) is 0 Å². The van der Waals surface area contributed by atoms with Crippen molar-refractivity contribution in [3.63, 3.8) is 0 Å². The van der Waals surface area contributed by atoms with Crippen molar-refractivity contribution in [3.05, 3.63) is 59.4 Å². The van der Waals surface area contributed by atoms with Crippen LogP contribution in [0.4, 0.5) is 5.69 Å². The molecule has 2 aromatic carbocycles. The van der Waals surface area contributed by atoms with E-state index in [-0.39, 0.29) is 23.8 Å². The smallest absolute Gasteiger partial charge is 0.225 e. The molecule has 26 heavy (non-hydrogen) atoms. The number of sulfone groups is 1. The molecule has 0 bridgehead atoms. The van der Waals surface area contributed by atoms with E-state index in [0.29, 0.717) is 16.3 Å². The molecule has 0 aliphatic heterocycles. The van der Waals surface area contributed by atoms with Crippen molar-refractivity contribution in [2.24, 2.45) is 7.05 Å². The number of benzene rings is 2. The number of imidazole rings is 1. The molecule has 1 heterocycles. The number of amides is 1. The minimum absolute atomic E-state index is 0.105. The van der Waals surface area contributed by atoms with Gasteiger partial charge in [0.1, 0.15) is 0 Å². The molecule has 136 valence electrons. The molecule has 1 amide bonds. The van der Waals surface area contributed by atoms with Gasteiger partial charge in [-0.3, -0.25) is 4.79 Å². The quantitative estimate of drug-likeness (QED) is 0.699. The Bertz CT molecular complexity index is 1060. The maximum Gasteiger partial charge on any atom is 0.225 e. The molecular formula is C18H18ClN3O3S. The molecule has 3 rings (SSSR count). The number of nitrogens with one attached hydrogen (secondary N) is 1. The van der Waals surface area contributed by atoms with E-state index in [0.717, 1.165) is 11.0 Å². The van der Waals surface area contributed by atoms with E-state index in [1.54, 1.807) is 48.8 Å². The molecule has 0 atom stereocenters. The number of aryl methyl sites for hydroxylation is 1. The normalized spacial score (nSPS) is 11.6. The summed E-state index contributed by atoms with van der Waals surface area (Å²) >= 11 is 5.87. The first-order chi connectivity index (χ1) is 12.3. The van der Waals surface area contributed by atoms with E-state index < -0.39 is 9.84 Å². The Labute approximate surface area is 156 Å². The second kappa shape index (κ2) is 7.47. The summed E-state index contributed by atoms with van der Waals surface area (Å²) < 4.78 is 26.3. The lowest BCUT2D eigenvalue weighted by Gasteiger charge is -2.07. The third-order valence-corrected chi connectivity index (χ3v) is 5.76. The van der Waals surface area contributed by atoms with Crippen molar-refractivity contribution >= 4 is 44.1 Å². The summed E-state index contributed by atoms with van der Waals surface area (Å²) in [5.41, 5.74) is 2.93. The molecule has 3 aromatic rings. The average Bonchev–Trinajstić information content (AvgIpc) is 2.94. The van der Waals surface area contributed by atoms with E-state index in [1.165, 1.54) is 0 Å². The van der Waals surface area contributed by atoms with Crippen molar-refractivity contribution in [3.8, 4) is 0 Å². The van der Waals surface area contributed by atoms with Crippen LogP contribution in [0, 0.1) is 0 Å². The monoisotopic (exact) mass is 391 g/mol. The van der Waals surface area contributed by atoms with Crippen LogP contribution in [0.3, 0.4) is 0 Å². The molecule has 1 N–H and O–H groups in total. The molecule has 0 radical (unpaired) electrons. The minimum atomic E-state index is -3.40. The fraction of sp³-hybridized carbons (Fsp3) is 0.222. The van der Waals surface area contributed by atoms with Gasteiger partial charge in [-0.2, -0.15) is 0 Å². The summed E-state index contributed by atoms with van der Waals surface area (Å²) in [6.07, 6.45) is 1.59. The number of carbonyl (C=O) groups excluding carboxylic acids is 1. The number of nitrogens with zero attached hydrogens (tertiary/aromatic N) is 2. The zero-order chi connectivity index (χ0) is 18.7. The summed E-state index contributed by atoms with van der Waals surface area (Å²) in [6.45, 7) is 0. The van der Waals surface area contributed by atoms with E-state index in [4.69, 9.17) is 11.6 Å². The number of halogens is 1. The van der Waals surface area contributed by atoms with Gasteiger partial charge in [0.15, 0.2) is 9.84 Å². The van der Waals surface area contributed by atoms with Crippen LogP contribution in [0.2, 0.25) is 5.02 Å². The molecule has 0 aliphatic carbocycles. The Morgan fingerprint density at radius 3 is 2.81 bits per heavy atom. The molecule has 0 saturated carbocycles. The van der Waals surface area contributed by atoms with Gasteiger partial charge >= 0.3 is 0 Å². The van der Waals surface area contributed by atoms with Gasteiger partial charge in [0.2, 0.25) is 5.91 Å². The summed E-state index contributed by atoms with van der Waals surface area (Å²) in [5, 5.41) is 3.22. The second-order valence-electron chi connectivity index (χ2n) is 6.08. The number of anilines is 1. The topological polar surface area (TPSA) is 81.1 Å². The lowest BCUT2D eigenvalue weighted by atomic mass is 10.2. The lowest BCUT2D eigenvalue weighted by Crippen LogP contribution is -2.18. The zero-order valence-electron chi connectivity index (χ0n) is 14.1. The predicted octanol–water partition coefficient (Wildman–Crippen LogP) is 3.17. The van der Waals surface area contributed by atoms with Gasteiger partial charge in [-0.05, 0) is 35.9 Å². The van der Waals surface area contributed by atoms with Gasteiger partial charge in [0.25, 0.3) is 0 Å². The minimum Gasteiger partial charge on any atom is -0.334 e. The van der Waals surface area contributed by atoms with Gasteiger partial charge in [-0.1, -0.05) is 23.7 Å². The lowest BCUT2D eigenvalue weighted by molar-refractivity contribution is -0.115. The number of hydrogen-bond acceptors (Lipinski definition) is 4. The molecule has 0 fully saturated rings. The summed E-state index contributed by atoms with van der Waals surface area (Å²) in [4.78, 5) is 16.3. The number of fused-ring (bicyclic) bond motifs is 1. The van der Waals surface area contributed by atoms with E-state index in [2.05, 4.69) is 10.3 Å². The molecule has 0 spiro atoms. The fourth-order valence-electron chi connectivity index (χ4n) is 2.63. The van der Waals surface area contributed by atoms with Crippen molar-refractivity contribution < 1.29 is 13.2 Å². The van der Waals surface area contributed by atoms with Crippen molar-refractivity contribution in [1.82, 2.24) is 9.55 Å². The second-order valence-corrected chi connectivity index (χ2v) is 8.70. The van der Waals surface area contributed by atoms with Gasteiger partial charge < -0.3 is 9.88 Å². The van der Waals surface area contributed by atoms with Crippen LogP contribution in [-0.2, 0) is 27.4 Å². The van der Waals surface area contributed by atoms with Crippen LogP contribution in [0.25, 0.3) is 11.0 Å². The van der Waals surface area contributed by atoms with Gasteiger partial charge in [-0.25, -0.2) is 13.4 Å². The Kier molecular flexibility index (Phi) is 5.29. The van der Waals surface area contributed by atoms with E-state index in [9.17, 15) is 13.2 Å². The average molecular weight is 392 g/mol. The highest BCUT2D eigenvalue weighted by Gasteiger charge is 2.15. The molecular weight excluding hydrogens is 374 g/mol. The Hall–Kier alpha value is -2.38. The first-order valence-electron chi connectivity index (χ1n) is 7.98. The zero-order valence-corrected chi connectivity index (χ0v) is 15.7. The van der Waals surface area contributed by atoms with Crippen LogP contribution in [-0.4, -0.2) is 29.6 Å². The first kappa shape index (κ1) is 18.4. The Balaban J connectivity index is 1.59. The highest BCUT2D eigenvalue weighted by molar-refractivity contribution is 7.90. The molecule has 8 heteroatoms. The number of aromatic nitrogens is 2. The third kappa shape index (κ3) is 4.62. The number of rotatable bonds is 6. The molecule has 0 aliphatic rings. The Morgan fingerprint density at radius 1 is 1.23 bits per heavy atom. The molecule has 0 unspecified atom stereocenters. The largest absolute Gasteiger partial charge is 0.334 e. The van der Waals surface area contributed by atoms with Crippen molar-refractivity contribution in [2.45, 2.75) is 12.2 Å². The molecule has 0 saturated heterocycles. The van der Waals surface area contributed by atoms with Gasteiger partial charge in [0, 0.05) is 24.2 Å². The maximum absolute atomic E-state index is 12.2. The van der Waals surface area contributed by atoms with Crippen molar-refractivity contribution in [2.75, 3.05) is 11.1 Å². The SMILES string of the molecule is Cn1cnc2ccc(NC(=O)CCS(=O)(=O)Cc3cccc(Cl)c3)cc21. The summed E-state index contributed by atoms with van der Waals surface area (Å²) in [7, 11) is -1.54. The maximum atomic E-state index is 12.2. The van der Waals surface area contributed by atoms with Gasteiger partial charge in [-0.15, -0.1) is 0 Å². The van der Waals surface area contributed by atoms with E-state index in [1.807, 2.05) is 11.6 Å². The highest BCUT2D eigenvalue weighted by atomic mass is 35.5. The summed E-state index contributed by atoms with van der Waals surface area (Å²) in [6, 6.07) is 12.1. The predicted molar refractivity (Wildman–Crippen MR) is 103 cm³/mol. The third-order valence-electron chi connectivity index (χ3n) is 3.92. The van der Waals surface area contributed by atoms with Crippen LogP contribution >= 0.6 is 11.6 Å². The van der Waals surface area contributed by atoms with Crippen LogP contribution in [0.1, 0.15) is 12.0 Å². The summed E-state index contributed by atoms with van der Waals surface area (Å²) in [5.74, 6) is -0.706. The number of hydrogen-bond donors (Lipinski definition) is 1. The standard InChI is InChI=1S/C18H18ClN3O3S/c1-22-12-20-16-6-5-15(10-17(16)22)21-18(23)7-8-26(24,25)11-13-3-2-4-14(19)9-13/h2-6,9-10,12H,7-8,11H2,1H3,(H,21,23). The van der Waals surface area contributed by atoms with Gasteiger partial charge in [0.05, 0.1) is 28.9 Å². The van der Waals surface area contributed by atoms with Crippen LogP contribution in [0.5, 0.6) is 0 Å².